The van der Waals surface area contributed by atoms with Crippen LogP contribution in [0, 0.1) is 22.9 Å². The Kier molecular flexibility index (Phi) is 15.0. The number of carbonyl (C=O) groups excluding carboxylic acids is 2. The van der Waals surface area contributed by atoms with Crippen LogP contribution in [0.4, 0.5) is 32.0 Å². The normalized spacial score (nSPS) is 19.1. The molecular weight excluding hydrogens is 875 g/mol. The fourth-order valence-electron chi connectivity index (χ4n) is 6.96. The highest BCUT2D eigenvalue weighted by Gasteiger charge is 2.39. The van der Waals surface area contributed by atoms with Crippen molar-refractivity contribution in [3.8, 4) is 11.5 Å². The standard InChI is InChI=1S/C40H38Cl2F3N3O7.C2HF3O2/c41-30-19-48(51)20-31(42)29(30)18-34(26-9-12-33(55-40(44)45)35(17-26)52-22-23-5-6-23)53-38(49)25-7-10-27(11-8-25)46-37(28-3-1-2-4-32(28)43)39(50)54-36-21-47-15-13-24(36)14-16-47;3-2(4,5)1(6)7/h1-4,7-12,17,19-20,23-24,34,36-37,40,46H,5-6,13-16,18,21-22H2;(H,6,7)/t34?,36-,37?;/m0./s1. The van der Waals surface area contributed by atoms with Crippen LogP contribution < -0.4 is 19.5 Å². The van der Waals surface area contributed by atoms with E-state index in [2.05, 4.69) is 15.0 Å². The smallest absolute Gasteiger partial charge is 0.490 e. The Morgan fingerprint density at radius 1 is 0.935 bits per heavy atom. The van der Waals surface area contributed by atoms with Gasteiger partial charge in [0.05, 0.1) is 12.2 Å². The number of hydrogen-bond acceptors (Lipinski definition) is 10. The summed E-state index contributed by atoms with van der Waals surface area (Å²) in [5, 5.41) is 22.2. The zero-order chi connectivity index (χ0) is 44.7. The maximum atomic E-state index is 15.1. The molecule has 0 radical (unpaired) electrons. The third kappa shape index (κ3) is 12.3. The Hall–Kier alpha value is -5.46. The number of piperidine rings is 3. The molecule has 20 heteroatoms. The summed E-state index contributed by atoms with van der Waals surface area (Å²) >= 11 is 12.8. The summed E-state index contributed by atoms with van der Waals surface area (Å²) in [7, 11) is 0. The molecule has 1 saturated carbocycles. The van der Waals surface area contributed by atoms with Gasteiger partial charge in [-0.1, -0.05) is 47.5 Å². The van der Waals surface area contributed by atoms with Gasteiger partial charge >= 0.3 is 30.7 Å². The van der Waals surface area contributed by atoms with Gasteiger partial charge in [0.25, 0.3) is 0 Å². The van der Waals surface area contributed by atoms with Crippen LogP contribution in [-0.4, -0.2) is 73.0 Å². The lowest BCUT2D eigenvalue weighted by atomic mass is 9.86. The van der Waals surface area contributed by atoms with E-state index < -0.39 is 48.7 Å². The van der Waals surface area contributed by atoms with Gasteiger partial charge in [0.2, 0.25) is 0 Å². The van der Waals surface area contributed by atoms with Gasteiger partial charge in [-0.05, 0) is 98.6 Å². The third-order valence-corrected chi connectivity index (χ3v) is 11.1. The molecule has 3 atom stereocenters. The number of nitrogens with zero attached hydrogens (tertiary/aromatic N) is 2. The topological polar surface area (TPSA) is 151 Å². The van der Waals surface area contributed by atoms with E-state index in [4.69, 9.17) is 47.3 Å². The number of aromatic nitrogens is 1. The van der Waals surface area contributed by atoms with E-state index >= 15 is 4.39 Å². The minimum Gasteiger partial charge on any atom is -0.619 e. The average molecular weight is 915 g/mol. The van der Waals surface area contributed by atoms with Crippen LogP contribution in [0.2, 0.25) is 10.0 Å². The van der Waals surface area contributed by atoms with Gasteiger partial charge in [-0.15, -0.1) is 0 Å². The highest BCUT2D eigenvalue weighted by atomic mass is 35.5. The van der Waals surface area contributed by atoms with Crippen LogP contribution in [0.3, 0.4) is 0 Å². The SMILES string of the molecule is O=C(O)C(F)(F)F.O=C(OC(Cc1c(Cl)c[n+]([O-])cc1Cl)c1ccc(OC(F)F)c(OCC2CC2)c1)c1ccc(NC(C(=O)O[C@H]2CN3CCC2CC3)c2ccccc2F)cc1. The molecule has 12 nitrogen and oxygen atoms in total. The molecule has 4 aliphatic rings. The molecule has 0 amide bonds. The Bertz CT molecular complexity index is 2200. The molecule has 1 aromatic heterocycles. The number of anilines is 1. The van der Waals surface area contributed by atoms with Crippen LogP contribution >= 0.6 is 23.2 Å². The largest absolute Gasteiger partial charge is 0.619 e. The molecule has 0 spiro atoms. The molecule has 3 aliphatic heterocycles. The minimum atomic E-state index is -5.08. The third-order valence-electron chi connectivity index (χ3n) is 10.4. The van der Waals surface area contributed by atoms with Crippen molar-refractivity contribution in [2.24, 2.45) is 11.8 Å². The Balaban J connectivity index is 0.000000845. The Morgan fingerprint density at radius 2 is 1.58 bits per heavy atom. The molecule has 8 rings (SSSR count). The molecule has 4 heterocycles. The maximum absolute atomic E-state index is 15.1. The number of halogens is 8. The van der Waals surface area contributed by atoms with Crippen molar-refractivity contribution in [1.29, 1.82) is 0 Å². The van der Waals surface area contributed by atoms with E-state index in [0.717, 1.165) is 51.2 Å². The van der Waals surface area contributed by atoms with Gasteiger partial charge < -0.3 is 34.6 Å². The summed E-state index contributed by atoms with van der Waals surface area (Å²) in [6.45, 7) is -0.225. The van der Waals surface area contributed by atoms with Crippen LogP contribution in [0.25, 0.3) is 0 Å². The van der Waals surface area contributed by atoms with E-state index in [1.54, 1.807) is 18.2 Å². The highest BCUT2D eigenvalue weighted by molar-refractivity contribution is 6.35. The number of nitrogens with one attached hydrogen (secondary N) is 1. The number of carboxylic acids is 1. The van der Waals surface area contributed by atoms with Gasteiger partial charge in [-0.3, -0.25) is 4.90 Å². The van der Waals surface area contributed by atoms with Crippen LogP contribution in [0.5, 0.6) is 11.5 Å². The van der Waals surface area contributed by atoms with Gasteiger partial charge in [-0.25, -0.2) is 18.8 Å². The second-order valence-corrected chi connectivity index (χ2v) is 15.6. The molecule has 3 aromatic carbocycles. The maximum Gasteiger partial charge on any atom is 0.490 e. The molecule has 4 fully saturated rings. The number of fused-ring (bicyclic) bond motifs is 3. The monoisotopic (exact) mass is 913 g/mol. The molecule has 4 aromatic rings. The number of benzene rings is 3. The van der Waals surface area contributed by atoms with E-state index in [-0.39, 0.29) is 51.1 Å². The number of carbonyl (C=O) groups is 3. The van der Waals surface area contributed by atoms with E-state index in [0.29, 0.717) is 40.6 Å². The lowest BCUT2D eigenvalue weighted by molar-refractivity contribution is -0.605. The summed E-state index contributed by atoms with van der Waals surface area (Å²) in [5.41, 5.74) is 1.32. The Labute approximate surface area is 360 Å². The first-order chi connectivity index (χ1) is 29.4. The average Bonchev–Trinajstić information content (AvgIpc) is 4.06. The van der Waals surface area contributed by atoms with Crippen molar-refractivity contribution in [3.05, 3.63) is 122 Å². The zero-order valence-electron chi connectivity index (χ0n) is 32.5. The molecular formula is C42H39Cl2F6N3O9. The molecule has 2 N–H and O–H groups in total. The van der Waals surface area contributed by atoms with Crippen LogP contribution in [0.1, 0.15) is 64.9 Å². The highest BCUT2D eigenvalue weighted by Crippen LogP contribution is 2.38. The number of alkyl halides is 5. The lowest BCUT2D eigenvalue weighted by Gasteiger charge is -2.44. The molecule has 2 unspecified atom stereocenters. The summed E-state index contributed by atoms with van der Waals surface area (Å²) < 4.78 is 96.3. The number of carboxylic acid groups (broad SMARTS) is 1. The van der Waals surface area contributed by atoms with Crippen LogP contribution in [0.15, 0.2) is 79.1 Å². The fourth-order valence-corrected chi connectivity index (χ4v) is 7.56. The summed E-state index contributed by atoms with van der Waals surface area (Å²) in [5.74, 6) is -4.29. The number of pyridine rings is 1. The van der Waals surface area contributed by atoms with Gasteiger partial charge in [0.15, 0.2) is 29.9 Å². The molecule has 2 bridgehead atoms. The first-order valence-electron chi connectivity index (χ1n) is 19.3. The van der Waals surface area contributed by atoms with E-state index in [9.17, 15) is 36.7 Å². The Morgan fingerprint density at radius 3 is 2.15 bits per heavy atom. The van der Waals surface area contributed by atoms with Gasteiger partial charge in [-0.2, -0.15) is 26.7 Å². The summed E-state index contributed by atoms with van der Waals surface area (Å²) in [6, 6.07) is 15.1. The molecule has 62 heavy (non-hydrogen) atoms. The van der Waals surface area contributed by atoms with Crippen molar-refractivity contribution in [1.82, 2.24) is 4.90 Å². The number of esters is 2. The first kappa shape index (κ1) is 46.1. The number of ether oxygens (including phenoxy) is 4. The number of aliphatic carboxylic acids is 1. The van der Waals surface area contributed by atoms with Crippen LogP contribution in [-0.2, 0) is 25.5 Å². The van der Waals surface area contributed by atoms with Gasteiger partial charge in [0, 0.05) is 29.8 Å². The number of rotatable bonds is 15. The second kappa shape index (κ2) is 20.2. The zero-order valence-corrected chi connectivity index (χ0v) is 34.0. The van der Waals surface area contributed by atoms with E-state index in [1.165, 1.54) is 48.5 Å². The van der Waals surface area contributed by atoms with E-state index in [1.807, 2.05) is 0 Å². The van der Waals surface area contributed by atoms with Crippen molar-refractivity contribution >= 4 is 46.8 Å². The minimum absolute atomic E-state index is 0.0262. The quantitative estimate of drug-likeness (QED) is 0.0510. The van der Waals surface area contributed by atoms with Gasteiger partial charge in [0.1, 0.15) is 28.1 Å². The van der Waals surface area contributed by atoms with Crippen molar-refractivity contribution in [2.75, 3.05) is 31.6 Å². The van der Waals surface area contributed by atoms with Crippen molar-refractivity contribution in [2.45, 2.75) is 63.1 Å². The van der Waals surface area contributed by atoms with Crippen molar-refractivity contribution in [3.63, 3.8) is 0 Å². The fraction of sp³-hybridized carbons (Fsp3) is 0.381. The second-order valence-electron chi connectivity index (χ2n) is 14.8. The first-order valence-corrected chi connectivity index (χ1v) is 20.0. The predicted molar refractivity (Wildman–Crippen MR) is 211 cm³/mol. The lowest BCUT2D eigenvalue weighted by Crippen LogP contribution is -2.52. The summed E-state index contributed by atoms with van der Waals surface area (Å²) in [6.07, 6.45) is -0.536. The number of hydrogen-bond donors (Lipinski definition) is 2. The summed E-state index contributed by atoms with van der Waals surface area (Å²) in [4.78, 5) is 38.5. The van der Waals surface area contributed by atoms with Crippen molar-refractivity contribution < 1.29 is 69.5 Å². The molecule has 332 valence electrons. The predicted octanol–water partition coefficient (Wildman–Crippen LogP) is 8.72. The molecule has 1 aliphatic carbocycles. The molecule has 3 saturated heterocycles.